The van der Waals surface area contributed by atoms with Gasteiger partial charge >= 0.3 is 6.03 Å². The van der Waals surface area contributed by atoms with Gasteiger partial charge in [-0.3, -0.25) is 14.5 Å². The van der Waals surface area contributed by atoms with Crippen LogP contribution in [-0.2, 0) is 9.59 Å². The van der Waals surface area contributed by atoms with E-state index in [2.05, 4.69) is 17.2 Å². The largest absolute Gasteiger partial charge is 0.459 e. The molecular weight excluding hydrogens is 440 g/mol. The average molecular weight is 466 g/mol. The SMILES string of the molecule is CC1CCC2(CC1)NC(=O)N(CC(=O)N1CCN(c3oc(-c4ccco4)nc3C#N)CC1)C2=O. The molecule has 178 valence electrons. The summed E-state index contributed by atoms with van der Waals surface area (Å²) in [5.74, 6) is 0.947. The first kappa shape index (κ1) is 22.0. The highest BCUT2D eigenvalue weighted by molar-refractivity contribution is 6.09. The highest BCUT2D eigenvalue weighted by Crippen LogP contribution is 2.36. The molecule has 0 bridgehead atoms. The third-order valence-corrected chi connectivity index (χ3v) is 7.03. The number of furan rings is 1. The van der Waals surface area contributed by atoms with Gasteiger partial charge < -0.3 is 24.0 Å². The van der Waals surface area contributed by atoms with Gasteiger partial charge in [0.1, 0.15) is 18.2 Å². The summed E-state index contributed by atoms with van der Waals surface area (Å²) in [6.07, 6.45) is 4.48. The Labute approximate surface area is 196 Å². The number of nitrogens with one attached hydrogen (secondary N) is 1. The summed E-state index contributed by atoms with van der Waals surface area (Å²) in [6.45, 7) is 3.46. The fraction of sp³-hybridized carbons (Fsp3) is 0.522. The normalized spacial score (nSPS) is 25.1. The van der Waals surface area contributed by atoms with Crippen molar-refractivity contribution in [2.75, 3.05) is 37.6 Å². The van der Waals surface area contributed by atoms with Crippen molar-refractivity contribution in [2.24, 2.45) is 5.92 Å². The van der Waals surface area contributed by atoms with E-state index in [0.29, 0.717) is 56.6 Å². The quantitative estimate of drug-likeness (QED) is 0.676. The van der Waals surface area contributed by atoms with Crippen molar-refractivity contribution in [1.29, 1.82) is 5.26 Å². The molecule has 11 heteroatoms. The van der Waals surface area contributed by atoms with Crippen LogP contribution in [0.5, 0.6) is 0 Å². The van der Waals surface area contributed by atoms with Gasteiger partial charge in [-0.2, -0.15) is 10.2 Å². The van der Waals surface area contributed by atoms with Crippen LogP contribution in [0.2, 0.25) is 0 Å². The number of urea groups is 1. The molecule has 1 spiro atoms. The third kappa shape index (κ3) is 3.79. The Balaban J connectivity index is 1.20. The van der Waals surface area contributed by atoms with Crippen molar-refractivity contribution >= 4 is 23.7 Å². The molecule has 4 heterocycles. The summed E-state index contributed by atoms with van der Waals surface area (Å²) >= 11 is 0. The molecule has 2 saturated heterocycles. The highest BCUT2D eigenvalue weighted by Gasteiger charge is 2.52. The first-order chi connectivity index (χ1) is 16.4. The minimum absolute atomic E-state index is 0.151. The van der Waals surface area contributed by atoms with Gasteiger partial charge in [-0.25, -0.2) is 4.79 Å². The van der Waals surface area contributed by atoms with E-state index in [4.69, 9.17) is 8.83 Å². The van der Waals surface area contributed by atoms with Gasteiger partial charge in [-0.15, -0.1) is 0 Å². The topological polar surface area (TPSA) is 136 Å². The van der Waals surface area contributed by atoms with Crippen molar-refractivity contribution in [2.45, 2.75) is 38.1 Å². The predicted molar refractivity (Wildman–Crippen MR) is 118 cm³/mol. The molecule has 1 N–H and O–H groups in total. The van der Waals surface area contributed by atoms with Gasteiger partial charge in [0.15, 0.2) is 5.76 Å². The second kappa shape index (κ2) is 8.52. The van der Waals surface area contributed by atoms with E-state index < -0.39 is 11.6 Å². The number of amides is 4. The number of aromatic nitrogens is 1. The Kier molecular flexibility index (Phi) is 5.51. The molecule has 11 nitrogen and oxygen atoms in total. The Hall–Kier alpha value is -3.81. The van der Waals surface area contributed by atoms with Crippen LogP contribution in [0.15, 0.2) is 27.2 Å². The summed E-state index contributed by atoms with van der Waals surface area (Å²) < 4.78 is 11.1. The predicted octanol–water partition coefficient (Wildman–Crippen LogP) is 1.96. The molecule has 3 aliphatic rings. The number of nitrogens with zero attached hydrogens (tertiary/aromatic N) is 5. The number of anilines is 1. The van der Waals surface area contributed by atoms with E-state index in [0.717, 1.165) is 17.7 Å². The number of carbonyl (C=O) groups is 3. The summed E-state index contributed by atoms with van der Waals surface area (Å²) in [5, 5.41) is 12.3. The maximum atomic E-state index is 13.0. The van der Waals surface area contributed by atoms with Crippen LogP contribution in [0.3, 0.4) is 0 Å². The highest BCUT2D eigenvalue weighted by atomic mass is 16.4. The number of carbonyl (C=O) groups excluding carboxylic acids is 3. The van der Waals surface area contributed by atoms with Crippen molar-refractivity contribution in [3.05, 3.63) is 24.1 Å². The van der Waals surface area contributed by atoms with Crippen molar-refractivity contribution in [1.82, 2.24) is 20.1 Å². The molecular formula is C23H26N6O5. The Morgan fingerprint density at radius 2 is 2.00 bits per heavy atom. The van der Waals surface area contributed by atoms with Gasteiger partial charge in [0.25, 0.3) is 11.8 Å². The summed E-state index contributed by atoms with van der Waals surface area (Å²) in [4.78, 5) is 47.2. The van der Waals surface area contributed by atoms with Crippen LogP contribution in [-0.4, -0.2) is 70.9 Å². The number of nitriles is 1. The van der Waals surface area contributed by atoms with Gasteiger partial charge in [0.05, 0.1) is 6.26 Å². The summed E-state index contributed by atoms with van der Waals surface area (Å²) in [7, 11) is 0. The second-order valence-corrected chi connectivity index (χ2v) is 9.22. The molecule has 1 aliphatic carbocycles. The van der Waals surface area contributed by atoms with Crippen molar-refractivity contribution in [3.63, 3.8) is 0 Å². The zero-order valence-electron chi connectivity index (χ0n) is 19.0. The Morgan fingerprint density at radius 3 is 2.65 bits per heavy atom. The molecule has 0 aromatic carbocycles. The monoisotopic (exact) mass is 466 g/mol. The number of imide groups is 1. The number of rotatable bonds is 4. The standard InChI is InChI=1S/C23H26N6O5/c1-15-4-6-23(7-5-15)21(31)29(22(32)26-23)14-18(30)27-8-10-28(11-9-27)20-16(13-24)25-19(34-20)17-3-2-12-33-17/h2-3,12,15H,4-11,14H2,1H3,(H,26,32). The van der Waals surface area contributed by atoms with Crippen LogP contribution < -0.4 is 10.2 Å². The van der Waals surface area contributed by atoms with Gasteiger partial charge in [-0.05, 0) is 43.7 Å². The maximum Gasteiger partial charge on any atom is 0.325 e. The van der Waals surface area contributed by atoms with E-state index in [1.54, 1.807) is 17.0 Å². The molecule has 0 atom stereocenters. The van der Waals surface area contributed by atoms with Crippen LogP contribution in [0.1, 0.15) is 38.3 Å². The van der Waals surface area contributed by atoms with Crippen molar-refractivity contribution < 1.29 is 23.2 Å². The fourth-order valence-corrected chi connectivity index (χ4v) is 4.91. The minimum atomic E-state index is -0.853. The van der Waals surface area contributed by atoms with Crippen molar-refractivity contribution in [3.8, 4) is 17.7 Å². The van der Waals surface area contributed by atoms with Gasteiger partial charge in [-0.1, -0.05) is 6.92 Å². The molecule has 1 saturated carbocycles. The molecule has 34 heavy (non-hydrogen) atoms. The fourth-order valence-electron chi connectivity index (χ4n) is 4.91. The van der Waals surface area contributed by atoms with Crippen LogP contribution >= 0.6 is 0 Å². The number of hydrogen-bond acceptors (Lipinski definition) is 8. The van der Waals surface area contributed by atoms with Crippen LogP contribution in [0.4, 0.5) is 10.7 Å². The first-order valence-corrected chi connectivity index (χ1v) is 11.5. The Morgan fingerprint density at radius 1 is 1.26 bits per heavy atom. The zero-order chi connectivity index (χ0) is 23.9. The molecule has 0 radical (unpaired) electrons. The molecule has 2 aromatic rings. The molecule has 3 fully saturated rings. The second-order valence-electron chi connectivity index (χ2n) is 9.22. The molecule has 2 aliphatic heterocycles. The first-order valence-electron chi connectivity index (χ1n) is 11.5. The average Bonchev–Trinajstić information content (AvgIpc) is 3.57. The number of hydrogen-bond donors (Lipinski definition) is 1. The molecule has 5 rings (SSSR count). The lowest BCUT2D eigenvalue weighted by Gasteiger charge is -2.35. The lowest BCUT2D eigenvalue weighted by Crippen LogP contribution is -2.53. The number of piperazine rings is 1. The summed E-state index contributed by atoms with van der Waals surface area (Å²) in [6, 6.07) is 4.95. The molecule has 0 unspecified atom stereocenters. The molecule has 4 amide bonds. The van der Waals surface area contributed by atoms with Gasteiger partial charge in [0.2, 0.25) is 17.5 Å². The van der Waals surface area contributed by atoms with E-state index >= 15 is 0 Å². The number of oxazole rings is 1. The van der Waals surface area contributed by atoms with E-state index in [1.807, 2.05) is 11.0 Å². The molecule has 2 aromatic heterocycles. The van der Waals surface area contributed by atoms with Gasteiger partial charge in [0, 0.05) is 26.2 Å². The van der Waals surface area contributed by atoms with Crippen LogP contribution in [0.25, 0.3) is 11.7 Å². The van der Waals surface area contributed by atoms with E-state index in [1.165, 1.54) is 6.26 Å². The summed E-state index contributed by atoms with van der Waals surface area (Å²) in [5.41, 5.74) is -0.702. The van der Waals surface area contributed by atoms with E-state index in [-0.39, 0.29) is 29.9 Å². The lowest BCUT2D eigenvalue weighted by atomic mass is 9.77. The zero-order valence-corrected chi connectivity index (χ0v) is 19.0. The van der Waals surface area contributed by atoms with E-state index in [9.17, 15) is 19.6 Å². The smallest absolute Gasteiger partial charge is 0.325 e. The third-order valence-electron chi connectivity index (χ3n) is 7.03. The minimum Gasteiger partial charge on any atom is -0.459 e. The lowest BCUT2D eigenvalue weighted by molar-refractivity contribution is -0.139. The maximum absolute atomic E-state index is 13.0. The van der Waals surface area contributed by atoms with Crippen LogP contribution in [0, 0.1) is 17.2 Å². The Bertz CT molecular complexity index is 1130.